The molecular formula is C9H15Cl2NS. The van der Waals surface area contributed by atoms with Gasteiger partial charge in [0.05, 0.1) is 4.34 Å². The Labute approximate surface area is 94.7 Å². The van der Waals surface area contributed by atoms with Crippen LogP contribution in [0, 0.1) is 5.41 Å². The molecule has 1 aromatic heterocycles. The highest BCUT2D eigenvalue weighted by Gasteiger charge is 2.23. The molecule has 1 aromatic rings. The zero-order valence-corrected chi connectivity index (χ0v) is 10.4. The summed E-state index contributed by atoms with van der Waals surface area (Å²) in [5.41, 5.74) is 6.14. The van der Waals surface area contributed by atoms with Crippen LogP contribution in [0.4, 0.5) is 0 Å². The van der Waals surface area contributed by atoms with Gasteiger partial charge < -0.3 is 5.73 Å². The Hall–Kier alpha value is 0.240. The third-order valence-electron chi connectivity index (χ3n) is 1.83. The van der Waals surface area contributed by atoms with E-state index in [2.05, 4.69) is 20.8 Å². The van der Waals surface area contributed by atoms with Gasteiger partial charge in [-0.05, 0) is 17.5 Å². The number of halogens is 2. The molecule has 0 saturated carbocycles. The summed E-state index contributed by atoms with van der Waals surface area (Å²) in [6.07, 6.45) is 0. The van der Waals surface area contributed by atoms with Crippen molar-refractivity contribution in [1.82, 2.24) is 0 Å². The van der Waals surface area contributed by atoms with Crippen LogP contribution < -0.4 is 5.73 Å². The summed E-state index contributed by atoms with van der Waals surface area (Å²) in [4.78, 5) is 1.16. The predicted molar refractivity (Wildman–Crippen MR) is 63.0 cm³/mol. The van der Waals surface area contributed by atoms with Gasteiger partial charge in [0, 0.05) is 10.9 Å². The Morgan fingerprint density at radius 1 is 1.38 bits per heavy atom. The molecule has 1 heterocycles. The zero-order chi connectivity index (χ0) is 9.35. The van der Waals surface area contributed by atoms with Crippen molar-refractivity contribution in [3.05, 3.63) is 21.3 Å². The lowest BCUT2D eigenvalue weighted by molar-refractivity contribution is 0.331. The fraction of sp³-hybridized carbons (Fsp3) is 0.556. The van der Waals surface area contributed by atoms with Gasteiger partial charge >= 0.3 is 0 Å². The Balaban J connectivity index is 0.00000144. The van der Waals surface area contributed by atoms with Crippen molar-refractivity contribution < 1.29 is 0 Å². The highest BCUT2D eigenvalue weighted by molar-refractivity contribution is 7.16. The molecule has 1 rings (SSSR count). The second kappa shape index (κ2) is 4.65. The summed E-state index contributed by atoms with van der Waals surface area (Å²) in [5.74, 6) is 0. The summed E-state index contributed by atoms with van der Waals surface area (Å²) in [6.45, 7) is 6.39. The Morgan fingerprint density at radius 2 is 1.92 bits per heavy atom. The van der Waals surface area contributed by atoms with Gasteiger partial charge in [0.25, 0.3) is 0 Å². The topological polar surface area (TPSA) is 26.0 Å². The van der Waals surface area contributed by atoms with Gasteiger partial charge in [0.2, 0.25) is 0 Å². The smallest absolute Gasteiger partial charge is 0.0931 e. The summed E-state index contributed by atoms with van der Waals surface area (Å²) in [7, 11) is 0. The van der Waals surface area contributed by atoms with E-state index in [0.29, 0.717) is 0 Å². The molecule has 0 unspecified atom stereocenters. The van der Waals surface area contributed by atoms with Crippen LogP contribution in [0.1, 0.15) is 31.7 Å². The van der Waals surface area contributed by atoms with Crippen molar-refractivity contribution in [3.63, 3.8) is 0 Å². The Morgan fingerprint density at radius 3 is 2.23 bits per heavy atom. The number of rotatable bonds is 1. The largest absolute Gasteiger partial charge is 0.323 e. The summed E-state index contributed by atoms with van der Waals surface area (Å²) in [6, 6.07) is 3.98. The highest BCUT2D eigenvalue weighted by Crippen LogP contribution is 2.35. The third-order valence-corrected chi connectivity index (χ3v) is 3.15. The van der Waals surface area contributed by atoms with Crippen LogP contribution in [-0.2, 0) is 0 Å². The van der Waals surface area contributed by atoms with E-state index >= 15 is 0 Å². The lowest BCUT2D eigenvalue weighted by Crippen LogP contribution is -2.25. The van der Waals surface area contributed by atoms with Crippen LogP contribution in [0.3, 0.4) is 0 Å². The second-order valence-corrected chi connectivity index (χ2v) is 5.73. The van der Waals surface area contributed by atoms with E-state index in [1.165, 1.54) is 0 Å². The maximum absolute atomic E-state index is 6.04. The molecule has 0 aliphatic rings. The molecule has 0 saturated heterocycles. The van der Waals surface area contributed by atoms with E-state index in [0.717, 1.165) is 9.21 Å². The van der Waals surface area contributed by atoms with Crippen LogP contribution in [0.15, 0.2) is 12.1 Å². The maximum Gasteiger partial charge on any atom is 0.0931 e. The molecule has 76 valence electrons. The van der Waals surface area contributed by atoms with Crippen molar-refractivity contribution >= 4 is 35.3 Å². The molecule has 0 spiro atoms. The highest BCUT2D eigenvalue weighted by atomic mass is 35.5. The fourth-order valence-electron chi connectivity index (χ4n) is 0.922. The minimum Gasteiger partial charge on any atom is -0.323 e. The molecule has 1 atom stereocenters. The molecule has 13 heavy (non-hydrogen) atoms. The predicted octanol–water partition coefficient (Wildman–Crippen LogP) is 3.87. The van der Waals surface area contributed by atoms with Crippen molar-refractivity contribution in [1.29, 1.82) is 0 Å². The Kier molecular flexibility index (Phi) is 4.73. The van der Waals surface area contributed by atoms with E-state index in [9.17, 15) is 0 Å². The van der Waals surface area contributed by atoms with Crippen molar-refractivity contribution in [2.75, 3.05) is 0 Å². The first-order valence-electron chi connectivity index (χ1n) is 3.92. The van der Waals surface area contributed by atoms with Gasteiger partial charge in [0.15, 0.2) is 0 Å². The van der Waals surface area contributed by atoms with Gasteiger partial charge in [-0.15, -0.1) is 23.7 Å². The summed E-state index contributed by atoms with van der Waals surface area (Å²) in [5, 5.41) is 0. The molecule has 1 nitrogen and oxygen atoms in total. The average Bonchev–Trinajstić information content (AvgIpc) is 2.32. The standard InChI is InChI=1S/C9H14ClNS.ClH/c1-9(2,3)8(11)6-4-5-7(10)12-6;/h4-5,8H,11H2,1-3H3;1H/t8-;/m0./s1. The quantitative estimate of drug-likeness (QED) is 0.792. The van der Waals surface area contributed by atoms with Gasteiger partial charge in [-0.25, -0.2) is 0 Å². The molecule has 0 bridgehead atoms. The maximum atomic E-state index is 6.04. The molecule has 4 heteroatoms. The number of nitrogens with two attached hydrogens (primary N) is 1. The number of hydrogen-bond donors (Lipinski definition) is 1. The zero-order valence-electron chi connectivity index (χ0n) is 8.00. The molecule has 0 aromatic carbocycles. The average molecular weight is 240 g/mol. The molecule has 0 amide bonds. The molecule has 0 aliphatic heterocycles. The SMILES string of the molecule is CC(C)(C)[C@@H](N)c1ccc(Cl)s1.Cl. The lowest BCUT2D eigenvalue weighted by atomic mass is 9.87. The van der Waals surface area contributed by atoms with Crippen molar-refractivity contribution in [2.24, 2.45) is 11.1 Å². The second-order valence-electron chi connectivity index (χ2n) is 3.99. The minimum atomic E-state index is 0. The molecular weight excluding hydrogens is 225 g/mol. The fourth-order valence-corrected chi connectivity index (χ4v) is 2.23. The summed E-state index contributed by atoms with van der Waals surface area (Å²) < 4.78 is 0.810. The van der Waals surface area contributed by atoms with Crippen LogP contribution in [0.2, 0.25) is 4.34 Å². The van der Waals surface area contributed by atoms with Crippen molar-refractivity contribution in [3.8, 4) is 0 Å². The molecule has 2 N–H and O–H groups in total. The van der Waals surface area contributed by atoms with E-state index in [4.69, 9.17) is 17.3 Å². The summed E-state index contributed by atoms with van der Waals surface area (Å²) >= 11 is 7.38. The normalized spacial score (nSPS) is 13.6. The number of hydrogen-bond acceptors (Lipinski definition) is 2. The molecule has 0 radical (unpaired) electrons. The first-order valence-corrected chi connectivity index (χ1v) is 5.11. The van der Waals surface area contributed by atoms with E-state index in [1.807, 2.05) is 12.1 Å². The third kappa shape index (κ3) is 3.47. The van der Waals surface area contributed by atoms with Gasteiger partial charge in [-0.3, -0.25) is 0 Å². The lowest BCUT2D eigenvalue weighted by Gasteiger charge is -2.25. The minimum absolute atomic E-state index is 0. The van der Waals surface area contributed by atoms with Crippen LogP contribution in [0.25, 0.3) is 0 Å². The van der Waals surface area contributed by atoms with Crippen molar-refractivity contribution in [2.45, 2.75) is 26.8 Å². The first-order chi connectivity index (χ1) is 5.41. The van der Waals surface area contributed by atoms with E-state index < -0.39 is 0 Å². The first kappa shape index (κ1) is 13.2. The van der Waals surface area contributed by atoms with Gasteiger partial charge in [-0.1, -0.05) is 32.4 Å². The van der Waals surface area contributed by atoms with Gasteiger partial charge in [-0.2, -0.15) is 0 Å². The van der Waals surface area contributed by atoms with Gasteiger partial charge in [0.1, 0.15) is 0 Å². The molecule has 0 fully saturated rings. The monoisotopic (exact) mass is 239 g/mol. The molecule has 0 aliphatic carbocycles. The van der Waals surface area contributed by atoms with Crippen LogP contribution in [0.5, 0.6) is 0 Å². The number of thiophene rings is 1. The van der Waals surface area contributed by atoms with Crippen LogP contribution >= 0.6 is 35.3 Å². The van der Waals surface area contributed by atoms with E-state index in [1.54, 1.807) is 11.3 Å². The Bertz CT molecular complexity index is 265. The van der Waals surface area contributed by atoms with Crippen LogP contribution in [-0.4, -0.2) is 0 Å². The van der Waals surface area contributed by atoms with E-state index in [-0.39, 0.29) is 23.9 Å².